The topological polar surface area (TPSA) is 42.4 Å². The summed E-state index contributed by atoms with van der Waals surface area (Å²) in [5.74, 6) is 0. The molecule has 0 fully saturated rings. The van der Waals surface area contributed by atoms with Crippen molar-refractivity contribution in [2.75, 3.05) is 4.90 Å². The molecule has 9 rings (SSSR count). The molecule has 4 nitrogen and oxygen atoms in total. The van der Waals surface area contributed by atoms with Crippen molar-refractivity contribution in [1.82, 2.24) is 4.98 Å². The predicted molar refractivity (Wildman–Crippen MR) is 176 cm³/mol. The number of rotatable bonds is 4. The van der Waals surface area contributed by atoms with E-state index in [0.29, 0.717) is 0 Å². The van der Waals surface area contributed by atoms with Crippen LogP contribution in [-0.4, -0.2) is 4.98 Å². The highest BCUT2D eigenvalue weighted by Crippen LogP contribution is 2.44. The number of aromatic nitrogens is 1. The molecule has 0 aliphatic heterocycles. The average Bonchev–Trinajstić information content (AvgIpc) is 3.65. The van der Waals surface area contributed by atoms with Gasteiger partial charge in [0, 0.05) is 39.1 Å². The van der Waals surface area contributed by atoms with E-state index < -0.39 is 0 Å². The molecule has 0 spiro atoms. The first-order valence-electron chi connectivity index (χ1n) is 14.4. The Balaban J connectivity index is 1.30. The Labute approximate surface area is 247 Å². The van der Waals surface area contributed by atoms with Crippen molar-refractivity contribution >= 4 is 71.7 Å². The SMILES string of the molecule is c1ccc(-c2ccc(N(c3ccc4oc5ccccc5c4c3)c3cncc4c3oc3ccc5ccccc5c34)cc2)cc1. The summed E-state index contributed by atoms with van der Waals surface area (Å²) in [5.41, 5.74) is 8.59. The maximum atomic E-state index is 6.65. The van der Waals surface area contributed by atoms with Gasteiger partial charge in [-0.1, -0.05) is 91.0 Å². The molecule has 0 aliphatic carbocycles. The van der Waals surface area contributed by atoms with Gasteiger partial charge in [0.15, 0.2) is 5.58 Å². The van der Waals surface area contributed by atoms with Gasteiger partial charge in [0.2, 0.25) is 0 Å². The quantitative estimate of drug-likeness (QED) is 0.218. The molecular formula is C39H24N2O2. The van der Waals surface area contributed by atoms with Crippen LogP contribution < -0.4 is 4.90 Å². The molecule has 0 radical (unpaired) electrons. The van der Waals surface area contributed by atoms with Crippen molar-refractivity contribution in [1.29, 1.82) is 0 Å². The van der Waals surface area contributed by atoms with Gasteiger partial charge in [-0.2, -0.15) is 0 Å². The Morgan fingerprint density at radius 3 is 2.05 bits per heavy atom. The maximum absolute atomic E-state index is 6.65. The molecular weight excluding hydrogens is 528 g/mol. The van der Waals surface area contributed by atoms with E-state index in [1.807, 2.05) is 36.7 Å². The van der Waals surface area contributed by atoms with Crippen LogP contribution in [0.3, 0.4) is 0 Å². The van der Waals surface area contributed by atoms with Crippen molar-refractivity contribution < 1.29 is 8.83 Å². The number of anilines is 3. The number of hydrogen-bond acceptors (Lipinski definition) is 4. The summed E-state index contributed by atoms with van der Waals surface area (Å²) in [6.07, 6.45) is 3.82. The van der Waals surface area contributed by atoms with Crippen LogP contribution in [-0.2, 0) is 0 Å². The Hall–Kier alpha value is -5.87. The van der Waals surface area contributed by atoms with Gasteiger partial charge in [0.1, 0.15) is 22.4 Å². The molecule has 0 bridgehead atoms. The molecule has 0 saturated carbocycles. The standard InChI is InChI=1S/C39H24N2O2/c1-2-8-25(9-3-1)26-14-17-28(18-15-26)41(29-19-21-36-32(22-29)31-12-6-7-13-35(31)42-36)34-24-40-23-33-38-30-11-5-4-10-27(30)16-20-37(38)43-39(33)34/h1-24H. The molecule has 0 aliphatic rings. The van der Waals surface area contributed by atoms with Crippen LogP contribution in [0.1, 0.15) is 0 Å². The van der Waals surface area contributed by atoms with Crippen LogP contribution in [0.2, 0.25) is 0 Å². The van der Waals surface area contributed by atoms with Crippen molar-refractivity contribution in [3.63, 3.8) is 0 Å². The molecule has 9 aromatic rings. The fraction of sp³-hybridized carbons (Fsp3) is 0. The summed E-state index contributed by atoms with van der Waals surface area (Å²) < 4.78 is 12.8. The number of pyridine rings is 1. The third-order valence-corrected chi connectivity index (χ3v) is 8.34. The van der Waals surface area contributed by atoms with Gasteiger partial charge in [-0.15, -0.1) is 0 Å². The van der Waals surface area contributed by atoms with Crippen LogP contribution in [0.25, 0.3) is 65.8 Å². The van der Waals surface area contributed by atoms with E-state index in [2.05, 4.69) is 114 Å². The highest BCUT2D eigenvalue weighted by Gasteiger charge is 2.22. The monoisotopic (exact) mass is 552 g/mol. The lowest BCUT2D eigenvalue weighted by Crippen LogP contribution is -2.10. The summed E-state index contributed by atoms with van der Waals surface area (Å²) in [7, 11) is 0. The molecule has 3 aromatic heterocycles. The molecule has 0 saturated heterocycles. The van der Waals surface area contributed by atoms with Gasteiger partial charge in [-0.25, -0.2) is 0 Å². The van der Waals surface area contributed by atoms with E-state index >= 15 is 0 Å². The number of hydrogen-bond donors (Lipinski definition) is 0. The van der Waals surface area contributed by atoms with Crippen molar-refractivity contribution in [2.45, 2.75) is 0 Å². The lowest BCUT2D eigenvalue weighted by Gasteiger charge is -2.25. The summed E-state index contributed by atoms with van der Waals surface area (Å²) in [5, 5.41) is 6.56. The number of nitrogens with zero attached hydrogens (tertiary/aromatic N) is 2. The van der Waals surface area contributed by atoms with Crippen molar-refractivity contribution in [3.8, 4) is 11.1 Å². The number of para-hydroxylation sites is 1. The second kappa shape index (κ2) is 9.33. The largest absolute Gasteiger partial charge is 0.456 e. The number of furan rings is 2. The van der Waals surface area contributed by atoms with E-state index in [-0.39, 0.29) is 0 Å². The third-order valence-electron chi connectivity index (χ3n) is 8.34. The Morgan fingerprint density at radius 1 is 0.465 bits per heavy atom. The van der Waals surface area contributed by atoms with Gasteiger partial charge < -0.3 is 13.7 Å². The second-order valence-corrected chi connectivity index (χ2v) is 10.8. The van der Waals surface area contributed by atoms with E-state index in [9.17, 15) is 0 Å². The number of benzene rings is 6. The molecule has 43 heavy (non-hydrogen) atoms. The van der Waals surface area contributed by atoms with E-state index in [1.54, 1.807) is 0 Å². The normalized spacial score (nSPS) is 11.7. The first-order valence-corrected chi connectivity index (χ1v) is 14.4. The highest BCUT2D eigenvalue weighted by molar-refractivity contribution is 6.20. The van der Waals surface area contributed by atoms with Crippen LogP contribution in [0, 0.1) is 0 Å². The molecule has 6 aromatic carbocycles. The fourth-order valence-electron chi connectivity index (χ4n) is 6.32. The van der Waals surface area contributed by atoms with Crippen LogP contribution in [0.15, 0.2) is 155 Å². The Morgan fingerprint density at radius 2 is 1.16 bits per heavy atom. The zero-order valence-corrected chi connectivity index (χ0v) is 23.1. The maximum Gasteiger partial charge on any atom is 0.162 e. The Bertz CT molecular complexity index is 2450. The summed E-state index contributed by atoms with van der Waals surface area (Å²) in [4.78, 5) is 6.99. The van der Waals surface area contributed by atoms with E-state index in [4.69, 9.17) is 13.8 Å². The first-order chi connectivity index (χ1) is 21.3. The molecule has 3 heterocycles. The average molecular weight is 553 g/mol. The summed E-state index contributed by atoms with van der Waals surface area (Å²) in [6, 6.07) is 46.2. The fourth-order valence-corrected chi connectivity index (χ4v) is 6.32. The lowest BCUT2D eigenvalue weighted by atomic mass is 10.0. The molecule has 202 valence electrons. The smallest absolute Gasteiger partial charge is 0.162 e. The van der Waals surface area contributed by atoms with E-state index in [1.165, 1.54) is 10.9 Å². The van der Waals surface area contributed by atoms with Gasteiger partial charge in [0.25, 0.3) is 0 Å². The van der Waals surface area contributed by atoms with E-state index in [0.717, 1.165) is 71.9 Å². The minimum atomic E-state index is 0.797. The number of fused-ring (bicyclic) bond motifs is 8. The second-order valence-electron chi connectivity index (χ2n) is 10.8. The zero-order chi connectivity index (χ0) is 28.3. The van der Waals surface area contributed by atoms with Gasteiger partial charge in [-0.3, -0.25) is 4.98 Å². The van der Waals surface area contributed by atoms with Crippen LogP contribution >= 0.6 is 0 Å². The predicted octanol–water partition coefficient (Wildman–Crippen LogP) is 11.2. The first kappa shape index (κ1) is 23.8. The minimum Gasteiger partial charge on any atom is -0.456 e. The molecule has 0 unspecified atom stereocenters. The van der Waals surface area contributed by atoms with Crippen molar-refractivity contribution in [3.05, 3.63) is 146 Å². The molecule has 0 amide bonds. The lowest BCUT2D eigenvalue weighted by molar-refractivity contribution is 0.668. The summed E-state index contributed by atoms with van der Waals surface area (Å²) >= 11 is 0. The molecule has 0 atom stereocenters. The summed E-state index contributed by atoms with van der Waals surface area (Å²) in [6.45, 7) is 0. The molecule has 4 heteroatoms. The van der Waals surface area contributed by atoms with Crippen molar-refractivity contribution in [2.24, 2.45) is 0 Å². The van der Waals surface area contributed by atoms with Gasteiger partial charge >= 0.3 is 0 Å². The Kier molecular flexibility index (Phi) is 5.16. The third kappa shape index (κ3) is 3.74. The zero-order valence-electron chi connectivity index (χ0n) is 23.1. The minimum absolute atomic E-state index is 0.797. The highest BCUT2D eigenvalue weighted by atomic mass is 16.3. The van der Waals surface area contributed by atoms with Gasteiger partial charge in [0.05, 0.1) is 6.20 Å². The van der Waals surface area contributed by atoms with Crippen LogP contribution in [0.4, 0.5) is 17.1 Å². The van der Waals surface area contributed by atoms with Gasteiger partial charge in [-0.05, 0) is 64.4 Å². The molecule has 0 N–H and O–H groups in total. The van der Waals surface area contributed by atoms with Crippen LogP contribution in [0.5, 0.6) is 0 Å².